The highest BCUT2D eigenvalue weighted by Crippen LogP contribution is 2.29. The van der Waals surface area contributed by atoms with Gasteiger partial charge in [0.1, 0.15) is 5.82 Å². The second-order valence-corrected chi connectivity index (χ2v) is 8.75. The number of nitrogens with one attached hydrogen (secondary N) is 1. The molecule has 2 aromatic heterocycles. The molecule has 6 heteroatoms. The van der Waals surface area contributed by atoms with Gasteiger partial charge < -0.3 is 10.2 Å². The van der Waals surface area contributed by atoms with Crippen molar-refractivity contribution < 1.29 is 4.79 Å². The lowest BCUT2D eigenvalue weighted by Crippen LogP contribution is -2.33. The van der Waals surface area contributed by atoms with Crippen LogP contribution in [-0.4, -0.2) is 29.0 Å². The molecule has 0 aliphatic rings. The first-order valence-electron chi connectivity index (χ1n) is 11.1. The van der Waals surface area contributed by atoms with Gasteiger partial charge in [-0.15, -0.1) is 11.3 Å². The van der Waals surface area contributed by atoms with E-state index in [1.54, 1.807) is 11.3 Å². The highest BCUT2D eigenvalue weighted by atomic mass is 32.1. The van der Waals surface area contributed by atoms with Gasteiger partial charge in [-0.05, 0) is 42.5 Å². The Morgan fingerprint density at radius 3 is 2.53 bits per heavy atom. The first kappa shape index (κ1) is 22.0. The molecule has 0 spiro atoms. The Bertz CT molecular complexity index is 1160. The van der Waals surface area contributed by atoms with E-state index in [9.17, 15) is 4.79 Å². The quantitative estimate of drug-likeness (QED) is 0.352. The van der Waals surface area contributed by atoms with E-state index in [2.05, 4.69) is 23.2 Å². The molecule has 0 aliphatic heterocycles. The summed E-state index contributed by atoms with van der Waals surface area (Å²) in [5.41, 5.74) is 2.03. The lowest BCUT2D eigenvalue weighted by atomic mass is 10.1. The fourth-order valence-electron chi connectivity index (χ4n) is 3.79. The predicted octanol–water partition coefficient (Wildman–Crippen LogP) is 5.84. The number of para-hydroxylation sites is 1. The summed E-state index contributed by atoms with van der Waals surface area (Å²) in [7, 11) is 0. The molecule has 32 heavy (non-hydrogen) atoms. The van der Waals surface area contributed by atoms with Crippen LogP contribution in [0.25, 0.3) is 21.6 Å². The third kappa shape index (κ3) is 5.14. The molecule has 5 nitrogen and oxygen atoms in total. The summed E-state index contributed by atoms with van der Waals surface area (Å²) >= 11 is 1.63. The lowest BCUT2D eigenvalue weighted by Gasteiger charge is -2.25. The van der Waals surface area contributed by atoms with E-state index in [0.717, 1.165) is 46.0 Å². The van der Waals surface area contributed by atoms with Gasteiger partial charge in [0.25, 0.3) is 0 Å². The number of carbonyl (C=O) groups is 1. The van der Waals surface area contributed by atoms with Crippen LogP contribution in [0, 0.1) is 0 Å². The maximum atomic E-state index is 12.7. The summed E-state index contributed by atoms with van der Waals surface area (Å²) in [6, 6.07) is 22.2. The molecule has 2 aromatic carbocycles. The molecule has 4 rings (SSSR count). The average molecular weight is 445 g/mol. The van der Waals surface area contributed by atoms with Crippen LogP contribution >= 0.6 is 11.3 Å². The predicted molar refractivity (Wildman–Crippen MR) is 133 cm³/mol. The van der Waals surface area contributed by atoms with Gasteiger partial charge in [-0.1, -0.05) is 55.5 Å². The number of amides is 1. The minimum atomic E-state index is -0.0198. The normalized spacial score (nSPS) is 11.9. The minimum absolute atomic E-state index is 0.0198. The van der Waals surface area contributed by atoms with Crippen molar-refractivity contribution in [3.05, 3.63) is 77.7 Å². The first-order chi connectivity index (χ1) is 15.7. The largest absolute Gasteiger partial charge is 0.355 e. The van der Waals surface area contributed by atoms with Gasteiger partial charge in [0.2, 0.25) is 5.91 Å². The van der Waals surface area contributed by atoms with Gasteiger partial charge >= 0.3 is 0 Å². The molecular weight excluding hydrogens is 416 g/mol. The Balaban J connectivity index is 1.55. The molecule has 0 aliphatic carbocycles. The van der Waals surface area contributed by atoms with E-state index in [1.807, 2.05) is 73.0 Å². The van der Waals surface area contributed by atoms with Crippen LogP contribution in [0.15, 0.2) is 72.1 Å². The lowest BCUT2D eigenvalue weighted by molar-refractivity contribution is -0.121. The number of hydrogen-bond acceptors (Lipinski definition) is 5. The van der Waals surface area contributed by atoms with Gasteiger partial charge in [-0.25, -0.2) is 9.97 Å². The van der Waals surface area contributed by atoms with Gasteiger partial charge in [0, 0.05) is 24.9 Å². The summed E-state index contributed by atoms with van der Waals surface area (Å²) in [6.45, 7) is 5.59. The van der Waals surface area contributed by atoms with Crippen LogP contribution in [0.5, 0.6) is 0 Å². The van der Waals surface area contributed by atoms with E-state index in [1.165, 1.54) is 0 Å². The van der Waals surface area contributed by atoms with Crippen LogP contribution in [0.3, 0.4) is 0 Å². The molecule has 4 aromatic rings. The van der Waals surface area contributed by atoms with Gasteiger partial charge in [0.15, 0.2) is 5.82 Å². The Labute approximate surface area is 193 Å². The standard InChI is InChI=1S/C26H28N4OS/c1-3-16-30(17-15-24(31)27-19(2)20-10-5-4-6-11-20)26-21-12-7-8-13-22(21)28-25(29-26)23-14-9-18-32-23/h4-14,18-19H,3,15-17H2,1-2H3,(H,27,31). The van der Waals surface area contributed by atoms with Crippen LogP contribution < -0.4 is 10.2 Å². The number of fused-ring (bicyclic) bond motifs is 1. The summed E-state index contributed by atoms with van der Waals surface area (Å²) in [5.74, 6) is 1.67. The third-order valence-electron chi connectivity index (χ3n) is 5.40. The molecule has 0 saturated carbocycles. The number of benzene rings is 2. The van der Waals surface area contributed by atoms with Crippen molar-refractivity contribution >= 4 is 34.0 Å². The van der Waals surface area contributed by atoms with Crippen LogP contribution in [0.1, 0.15) is 38.3 Å². The number of rotatable bonds is 9. The molecule has 164 valence electrons. The molecule has 2 heterocycles. The van der Waals surface area contributed by atoms with E-state index < -0.39 is 0 Å². The first-order valence-corrected chi connectivity index (χ1v) is 11.9. The minimum Gasteiger partial charge on any atom is -0.355 e. The van der Waals surface area contributed by atoms with Crippen LogP contribution in [0.2, 0.25) is 0 Å². The molecule has 0 saturated heterocycles. The molecule has 0 fully saturated rings. The van der Waals surface area contributed by atoms with Gasteiger partial charge in [-0.3, -0.25) is 4.79 Å². The maximum Gasteiger partial charge on any atom is 0.222 e. The van der Waals surface area contributed by atoms with Crippen molar-refractivity contribution in [3.8, 4) is 10.7 Å². The number of aromatic nitrogens is 2. The molecule has 1 N–H and O–H groups in total. The second kappa shape index (κ2) is 10.4. The number of hydrogen-bond donors (Lipinski definition) is 1. The molecule has 0 radical (unpaired) electrons. The van der Waals surface area contributed by atoms with Crippen molar-refractivity contribution in [2.24, 2.45) is 0 Å². The van der Waals surface area contributed by atoms with Crippen LogP contribution in [0.4, 0.5) is 5.82 Å². The number of thiophene rings is 1. The van der Waals surface area contributed by atoms with E-state index in [0.29, 0.717) is 13.0 Å². The fourth-order valence-corrected chi connectivity index (χ4v) is 4.44. The summed E-state index contributed by atoms with van der Waals surface area (Å²) in [5, 5.41) is 6.17. The highest BCUT2D eigenvalue weighted by Gasteiger charge is 2.17. The average Bonchev–Trinajstić information content (AvgIpc) is 3.37. The van der Waals surface area contributed by atoms with Crippen LogP contribution in [-0.2, 0) is 4.79 Å². The SMILES string of the molecule is CCCN(CCC(=O)NC(C)c1ccccc1)c1nc(-c2cccs2)nc2ccccc12. The Morgan fingerprint density at radius 1 is 1.00 bits per heavy atom. The Morgan fingerprint density at radius 2 is 1.78 bits per heavy atom. The zero-order valence-corrected chi connectivity index (χ0v) is 19.3. The van der Waals surface area contributed by atoms with E-state index in [4.69, 9.17) is 9.97 Å². The molecule has 0 bridgehead atoms. The molecule has 1 atom stereocenters. The topological polar surface area (TPSA) is 58.1 Å². The monoisotopic (exact) mass is 444 g/mol. The Kier molecular flexibility index (Phi) is 7.12. The van der Waals surface area contributed by atoms with Gasteiger partial charge in [0.05, 0.1) is 16.4 Å². The van der Waals surface area contributed by atoms with Crippen molar-refractivity contribution in [2.75, 3.05) is 18.0 Å². The highest BCUT2D eigenvalue weighted by molar-refractivity contribution is 7.13. The molecular formula is C26H28N4OS. The number of nitrogens with zero attached hydrogens (tertiary/aromatic N) is 3. The smallest absolute Gasteiger partial charge is 0.222 e. The van der Waals surface area contributed by atoms with Crippen molar-refractivity contribution in [3.63, 3.8) is 0 Å². The molecule has 1 unspecified atom stereocenters. The third-order valence-corrected chi connectivity index (χ3v) is 6.27. The zero-order valence-electron chi connectivity index (χ0n) is 18.5. The van der Waals surface area contributed by atoms with Crippen molar-refractivity contribution in [2.45, 2.75) is 32.7 Å². The van der Waals surface area contributed by atoms with Gasteiger partial charge in [-0.2, -0.15) is 0 Å². The Hall–Kier alpha value is -3.25. The summed E-state index contributed by atoms with van der Waals surface area (Å²) in [6.07, 6.45) is 1.37. The maximum absolute atomic E-state index is 12.7. The molecule has 1 amide bonds. The van der Waals surface area contributed by atoms with Crippen molar-refractivity contribution in [1.82, 2.24) is 15.3 Å². The number of carbonyl (C=O) groups excluding carboxylic acids is 1. The zero-order chi connectivity index (χ0) is 22.3. The number of anilines is 1. The van der Waals surface area contributed by atoms with Crippen molar-refractivity contribution in [1.29, 1.82) is 0 Å². The van der Waals surface area contributed by atoms with E-state index in [-0.39, 0.29) is 11.9 Å². The summed E-state index contributed by atoms with van der Waals surface area (Å²) in [4.78, 5) is 25.7. The summed E-state index contributed by atoms with van der Waals surface area (Å²) < 4.78 is 0. The fraction of sp³-hybridized carbons (Fsp3) is 0.269. The second-order valence-electron chi connectivity index (χ2n) is 7.80. The van der Waals surface area contributed by atoms with E-state index >= 15 is 0 Å².